The Morgan fingerprint density at radius 2 is 2.00 bits per heavy atom. The van der Waals surface area contributed by atoms with Crippen molar-refractivity contribution in [1.29, 1.82) is 0 Å². The normalized spacial score (nSPS) is 19.8. The predicted octanol–water partition coefficient (Wildman–Crippen LogP) is 3.68. The van der Waals surface area contributed by atoms with E-state index in [2.05, 4.69) is 56.6 Å². The number of fused-ring (bicyclic) bond motifs is 2. The number of hydrogen-bond donors (Lipinski definition) is 4. The number of carboxylic acid groups (broad SMARTS) is 1. The zero-order valence-corrected chi connectivity index (χ0v) is 19.2. The van der Waals surface area contributed by atoms with Crippen molar-refractivity contribution in [2.24, 2.45) is 16.6 Å². The van der Waals surface area contributed by atoms with Gasteiger partial charge in [0.15, 0.2) is 0 Å². The van der Waals surface area contributed by atoms with E-state index in [1.807, 2.05) is 12.1 Å². The van der Waals surface area contributed by atoms with Crippen molar-refractivity contribution in [1.82, 2.24) is 15.2 Å². The summed E-state index contributed by atoms with van der Waals surface area (Å²) < 4.78 is 6.16. The smallest absolute Gasteiger partial charge is 0.432 e. The van der Waals surface area contributed by atoms with Gasteiger partial charge in [0.2, 0.25) is 0 Å². The number of aromatic nitrogens is 1. The molecule has 0 bridgehead atoms. The Bertz CT molecular complexity index is 1160. The molecule has 1 saturated heterocycles. The minimum Gasteiger partial charge on any atom is -0.493 e. The number of amidine groups is 1. The van der Waals surface area contributed by atoms with E-state index in [0.29, 0.717) is 12.5 Å². The van der Waals surface area contributed by atoms with Gasteiger partial charge in [-0.15, -0.1) is 0 Å². The first-order valence-corrected chi connectivity index (χ1v) is 11.9. The second kappa shape index (κ2) is 9.87. The highest BCUT2D eigenvalue weighted by Gasteiger charge is 2.25. The van der Waals surface area contributed by atoms with Crippen LogP contribution in [-0.4, -0.2) is 53.2 Å². The molecule has 8 nitrogen and oxygen atoms in total. The molecule has 34 heavy (non-hydrogen) atoms. The van der Waals surface area contributed by atoms with Crippen LogP contribution in [0.2, 0.25) is 0 Å². The molecule has 1 fully saturated rings. The van der Waals surface area contributed by atoms with Crippen molar-refractivity contribution in [2.75, 3.05) is 26.2 Å². The minimum absolute atomic E-state index is 0.0629. The van der Waals surface area contributed by atoms with Gasteiger partial charge in [0.1, 0.15) is 11.6 Å². The van der Waals surface area contributed by atoms with Crippen molar-refractivity contribution in [3.8, 4) is 5.75 Å². The topological polar surface area (TPSA) is 116 Å². The molecule has 1 atom stereocenters. The molecule has 0 aliphatic carbocycles. The van der Waals surface area contributed by atoms with E-state index in [4.69, 9.17) is 15.6 Å². The number of aromatic amines is 1. The lowest BCUT2D eigenvalue weighted by molar-refractivity contribution is 0.136. The molecule has 0 radical (unpaired) electrons. The molecule has 3 aromatic rings. The van der Waals surface area contributed by atoms with E-state index in [1.54, 1.807) is 0 Å². The summed E-state index contributed by atoms with van der Waals surface area (Å²) in [6, 6.07) is 16.3. The van der Waals surface area contributed by atoms with Gasteiger partial charge in [-0.05, 0) is 79.0 Å². The van der Waals surface area contributed by atoms with E-state index in [1.165, 1.54) is 16.6 Å². The number of amides is 1. The minimum atomic E-state index is -1.28. The number of carbonyl (C=O) groups is 1. The van der Waals surface area contributed by atoms with Crippen LogP contribution in [0.25, 0.3) is 10.9 Å². The summed E-state index contributed by atoms with van der Waals surface area (Å²) in [4.78, 5) is 20.5. The van der Waals surface area contributed by atoms with Crippen LogP contribution in [0.4, 0.5) is 4.79 Å². The van der Waals surface area contributed by atoms with Crippen molar-refractivity contribution in [3.05, 3.63) is 65.4 Å². The van der Waals surface area contributed by atoms with Crippen LogP contribution < -0.4 is 15.8 Å². The largest absolute Gasteiger partial charge is 0.493 e. The van der Waals surface area contributed by atoms with E-state index < -0.39 is 12.1 Å². The van der Waals surface area contributed by atoms with Crippen LogP contribution in [0.15, 0.2) is 53.5 Å². The van der Waals surface area contributed by atoms with Crippen LogP contribution in [0.5, 0.6) is 5.75 Å². The molecule has 2 aromatic carbocycles. The molecule has 178 valence electrons. The number of rotatable bonds is 6. The number of hydrogen-bond acceptors (Lipinski definition) is 4. The molecule has 3 heterocycles. The molecule has 1 unspecified atom stereocenters. The lowest BCUT2D eigenvalue weighted by atomic mass is 9.93. The second-order valence-electron chi connectivity index (χ2n) is 9.23. The zero-order valence-electron chi connectivity index (χ0n) is 19.2. The van der Waals surface area contributed by atoms with Crippen molar-refractivity contribution in [3.63, 3.8) is 0 Å². The number of ether oxygens (including phenoxy) is 1. The Hall–Kier alpha value is -3.36. The van der Waals surface area contributed by atoms with Crippen molar-refractivity contribution in [2.45, 2.75) is 31.8 Å². The fraction of sp³-hybridized carbons (Fsp3) is 0.385. The summed E-state index contributed by atoms with van der Waals surface area (Å²) in [7, 11) is 0. The predicted molar refractivity (Wildman–Crippen MR) is 132 cm³/mol. The Balaban J connectivity index is 1.15. The van der Waals surface area contributed by atoms with Crippen LogP contribution in [-0.2, 0) is 13.0 Å². The van der Waals surface area contributed by atoms with Crippen LogP contribution >= 0.6 is 0 Å². The number of likely N-dealkylation sites (tertiary alicyclic amines) is 1. The highest BCUT2D eigenvalue weighted by molar-refractivity contribution is 5.94. The van der Waals surface area contributed by atoms with Gasteiger partial charge >= 0.3 is 6.09 Å². The third kappa shape index (κ3) is 5.08. The average molecular weight is 462 g/mol. The van der Waals surface area contributed by atoms with Gasteiger partial charge in [-0.25, -0.2) is 4.79 Å². The number of aliphatic imine (C=N–C) groups is 1. The molecular weight excluding hydrogens is 430 g/mol. The molecule has 8 heteroatoms. The van der Waals surface area contributed by atoms with Gasteiger partial charge in [-0.1, -0.05) is 24.3 Å². The van der Waals surface area contributed by atoms with Crippen LogP contribution in [0.1, 0.15) is 35.7 Å². The SMILES string of the molecule is NC(=NC(=O)O)C1NCCc2ccc(OCC3CCN(Cc4cc5ccccc5[nH]4)CC3)cc21. The molecular formula is C26H31N5O3. The van der Waals surface area contributed by atoms with E-state index in [0.717, 1.165) is 62.3 Å². The number of nitrogens with one attached hydrogen (secondary N) is 2. The molecule has 1 amide bonds. The monoisotopic (exact) mass is 461 g/mol. The summed E-state index contributed by atoms with van der Waals surface area (Å²) in [5.41, 5.74) is 10.5. The third-order valence-electron chi connectivity index (χ3n) is 6.86. The summed E-state index contributed by atoms with van der Waals surface area (Å²) in [6.07, 6.45) is 1.79. The van der Waals surface area contributed by atoms with Gasteiger partial charge in [0.25, 0.3) is 0 Å². The van der Waals surface area contributed by atoms with Crippen LogP contribution in [0.3, 0.4) is 0 Å². The molecule has 0 saturated carbocycles. The van der Waals surface area contributed by atoms with Crippen molar-refractivity contribution >= 4 is 22.8 Å². The van der Waals surface area contributed by atoms with E-state index >= 15 is 0 Å². The second-order valence-corrected chi connectivity index (χ2v) is 9.23. The number of piperidine rings is 1. The average Bonchev–Trinajstić information content (AvgIpc) is 3.25. The molecule has 0 spiro atoms. The number of H-pyrrole nitrogens is 1. The quantitative estimate of drug-likeness (QED) is 0.329. The third-order valence-corrected chi connectivity index (χ3v) is 6.86. The van der Waals surface area contributed by atoms with Crippen molar-refractivity contribution < 1.29 is 14.6 Å². The fourth-order valence-corrected chi connectivity index (χ4v) is 5.04. The van der Waals surface area contributed by atoms with Gasteiger partial charge in [0.05, 0.1) is 12.6 Å². The fourth-order valence-electron chi connectivity index (χ4n) is 5.04. The van der Waals surface area contributed by atoms with Gasteiger partial charge < -0.3 is 25.9 Å². The summed E-state index contributed by atoms with van der Waals surface area (Å²) in [5, 5.41) is 13.5. The van der Waals surface area contributed by atoms with Crippen LogP contribution in [0, 0.1) is 5.92 Å². The maximum atomic E-state index is 11.0. The lowest BCUT2D eigenvalue weighted by Gasteiger charge is -2.31. The number of benzene rings is 2. The van der Waals surface area contributed by atoms with Gasteiger partial charge in [-0.3, -0.25) is 4.90 Å². The first-order chi connectivity index (χ1) is 16.5. The Morgan fingerprint density at radius 1 is 1.18 bits per heavy atom. The maximum absolute atomic E-state index is 11.0. The highest BCUT2D eigenvalue weighted by Crippen LogP contribution is 2.29. The summed E-state index contributed by atoms with van der Waals surface area (Å²) in [6.45, 7) is 4.46. The van der Waals surface area contributed by atoms with Gasteiger partial charge in [0, 0.05) is 24.3 Å². The summed E-state index contributed by atoms with van der Waals surface area (Å²) in [5.74, 6) is 1.37. The highest BCUT2D eigenvalue weighted by atomic mass is 16.5. The maximum Gasteiger partial charge on any atom is 0.432 e. The lowest BCUT2D eigenvalue weighted by Crippen LogP contribution is -2.39. The molecule has 1 aromatic heterocycles. The van der Waals surface area contributed by atoms with Gasteiger partial charge in [-0.2, -0.15) is 4.99 Å². The first kappa shape index (κ1) is 22.4. The standard InChI is InChI=1S/C26H31N5O3/c27-25(30-26(32)33)24-22-14-21(6-5-18(22)7-10-28-24)34-16-17-8-11-31(12-9-17)15-20-13-19-3-1-2-4-23(19)29-20/h1-6,13-14,17,24,28-29H,7-12,15-16H2,(H2,27,30)(H,32,33). The Morgan fingerprint density at radius 3 is 2.79 bits per heavy atom. The summed E-state index contributed by atoms with van der Waals surface area (Å²) >= 11 is 0. The molecule has 5 rings (SSSR count). The number of nitrogens with zero attached hydrogens (tertiary/aromatic N) is 2. The molecule has 2 aliphatic heterocycles. The molecule has 5 N–H and O–H groups in total. The Labute approximate surface area is 198 Å². The number of para-hydroxylation sites is 1. The Kier molecular flexibility index (Phi) is 6.51. The van der Waals surface area contributed by atoms with E-state index in [9.17, 15) is 4.79 Å². The van der Waals surface area contributed by atoms with E-state index in [-0.39, 0.29) is 5.84 Å². The first-order valence-electron chi connectivity index (χ1n) is 11.9. The zero-order chi connectivity index (χ0) is 23.5. The molecule has 2 aliphatic rings. The number of nitrogens with two attached hydrogens (primary N) is 1.